The standard InChI is InChI=1S/C22H22N2O4/c25-21-13-17(28-20-11-5-9-16-8-3-4-10-18(16)20)14-23-24(21)19(22(26)27)12-15-6-1-2-7-15/h3-5,8-11,13-15,19H,1-2,6-7,12H2,(H,26,27). The monoisotopic (exact) mass is 378 g/mol. The van der Waals surface area contributed by atoms with Crippen LogP contribution in [0.15, 0.2) is 59.5 Å². The lowest BCUT2D eigenvalue weighted by molar-refractivity contribution is -0.142. The Morgan fingerprint density at radius 2 is 1.93 bits per heavy atom. The van der Waals surface area contributed by atoms with Crippen molar-refractivity contribution in [2.75, 3.05) is 0 Å². The predicted molar refractivity (Wildman–Crippen MR) is 106 cm³/mol. The van der Waals surface area contributed by atoms with E-state index in [-0.39, 0.29) is 0 Å². The molecule has 0 radical (unpaired) electrons. The molecule has 4 rings (SSSR count). The van der Waals surface area contributed by atoms with Gasteiger partial charge >= 0.3 is 5.97 Å². The molecule has 0 amide bonds. The molecule has 1 atom stereocenters. The van der Waals surface area contributed by atoms with Crippen LogP contribution in [0.3, 0.4) is 0 Å². The van der Waals surface area contributed by atoms with E-state index in [0.717, 1.165) is 41.1 Å². The van der Waals surface area contributed by atoms with Gasteiger partial charge < -0.3 is 9.84 Å². The quantitative estimate of drug-likeness (QED) is 0.688. The molecule has 3 aromatic rings. The highest BCUT2D eigenvalue weighted by Gasteiger charge is 2.28. The molecule has 1 fully saturated rings. The molecule has 2 aromatic carbocycles. The van der Waals surface area contributed by atoms with Crippen LogP contribution in [0.25, 0.3) is 10.8 Å². The molecule has 28 heavy (non-hydrogen) atoms. The lowest BCUT2D eigenvalue weighted by Gasteiger charge is -2.18. The lowest BCUT2D eigenvalue weighted by Crippen LogP contribution is -2.32. The molecule has 0 bridgehead atoms. The summed E-state index contributed by atoms with van der Waals surface area (Å²) in [5.74, 6) is 0.228. The van der Waals surface area contributed by atoms with Gasteiger partial charge in [0.05, 0.1) is 6.20 Å². The van der Waals surface area contributed by atoms with E-state index < -0.39 is 17.6 Å². The number of carboxylic acid groups (broad SMARTS) is 1. The van der Waals surface area contributed by atoms with Crippen molar-refractivity contribution in [1.29, 1.82) is 0 Å². The molecule has 0 spiro atoms. The highest BCUT2D eigenvalue weighted by atomic mass is 16.5. The fraction of sp³-hybridized carbons (Fsp3) is 0.318. The van der Waals surface area contributed by atoms with Crippen molar-refractivity contribution in [3.63, 3.8) is 0 Å². The van der Waals surface area contributed by atoms with Gasteiger partial charge in [-0.2, -0.15) is 5.10 Å². The van der Waals surface area contributed by atoms with Crippen LogP contribution in [-0.2, 0) is 4.79 Å². The smallest absolute Gasteiger partial charge is 0.328 e. The van der Waals surface area contributed by atoms with Crippen LogP contribution in [0.4, 0.5) is 0 Å². The Morgan fingerprint density at radius 3 is 2.68 bits per heavy atom. The van der Waals surface area contributed by atoms with E-state index in [1.165, 1.54) is 12.3 Å². The first kappa shape index (κ1) is 18.2. The van der Waals surface area contributed by atoms with E-state index in [0.29, 0.717) is 23.8 Å². The van der Waals surface area contributed by atoms with Crippen LogP contribution in [0.5, 0.6) is 11.5 Å². The molecular formula is C22H22N2O4. The summed E-state index contributed by atoms with van der Waals surface area (Å²) >= 11 is 0. The van der Waals surface area contributed by atoms with Crippen molar-refractivity contribution < 1.29 is 14.6 Å². The first-order chi connectivity index (χ1) is 13.6. The van der Waals surface area contributed by atoms with Crippen molar-refractivity contribution >= 4 is 16.7 Å². The topological polar surface area (TPSA) is 81.4 Å². The Bertz CT molecular complexity index is 1050. The van der Waals surface area contributed by atoms with Gasteiger partial charge in [0.1, 0.15) is 5.75 Å². The van der Waals surface area contributed by atoms with Crippen molar-refractivity contribution in [2.45, 2.75) is 38.1 Å². The van der Waals surface area contributed by atoms with Crippen LogP contribution in [0, 0.1) is 5.92 Å². The number of benzene rings is 2. The molecule has 1 N–H and O–H groups in total. The first-order valence-electron chi connectivity index (χ1n) is 9.59. The van der Waals surface area contributed by atoms with E-state index in [9.17, 15) is 14.7 Å². The van der Waals surface area contributed by atoms with Gasteiger partial charge in [0.25, 0.3) is 5.56 Å². The molecule has 0 aliphatic heterocycles. The second kappa shape index (κ2) is 7.84. The Kier molecular flexibility index (Phi) is 5.10. The SMILES string of the molecule is O=C(O)C(CC1CCCC1)n1ncc(Oc2cccc3ccccc23)cc1=O. The van der Waals surface area contributed by atoms with Gasteiger partial charge in [-0.05, 0) is 23.8 Å². The van der Waals surface area contributed by atoms with Gasteiger partial charge in [-0.3, -0.25) is 4.79 Å². The first-order valence-corrected chi connectivity index (χ1v) is 9.59. The second-order valence-corrected chi connectivity index (χ2v) is 7.29. The number of hydrogen-bond donors (Lipinski definition) is 1. The van der Waals surface area contributed by atoms with Gasteiger partial charge in [0.2, 0.25) is 0 Å². The third kappa shape index (κ3) is 3.76. The largest absolute Gasteiger partial charge is 0.480 e. The predicted octanol–water partition coefficient (Wildman–Crippen LogP) is 4.39. The number of fused-ring (bicyclic) bond motifs is 1. The molecule has 1 aromatic heterocycles. The molecule has 1 saturated carbocycles. The fourth-order valence-corrected chi connectivity index (χ4v) is 3.97. The van der Waals surface area contributed by atoms with Gasteiger partial charge in [0.15, 0.2) is 11.8 Å². The van der Waals surface area contributed by atoms with Crippen LogP contribution < -0.4 is 10.3 Å². The molecule has 6 nitrogen and oxygen atoms in total. The minimum Gasteiger partial charge on any atom is -0.480 e. The average molecular weight is 378 g/mol. The summed E-state index contributed by atoms with van der Waals surface area (Å²) in [6, 6.07) is 13.9. The number of aliphatic carboxylic acids is 1. The van der Waals surface area contributed by atoms with Crippen LogP contribution >= 0.6 is 0 Å². The number of rotatable bonds is 6. The summed E-state index contributed by atoms with van der Waals surface area (Å²) in [5, 5.41) is 15.7. The molecule has 144 valence electrons. The zero-order valence-corrected chi connectivity index (χ0v) is 15.5. The molecule has 1 aliphatic rings. The maximum Gasteiger partial charge on any atom is 0.328 e. The maximum absolute atomic E-state index is 12.6. The Balaban J connectivity index is 1.60. The Morgan fingerprint density at radius 1 is 1.18 bits per heavy atom. The van der Waals surface area contributed by atoms with E-state index in [2.05, 4.69) is 5.10 Å². The fourth-order valence-electron chi connectivity index (χ4n) is 3.97. The third-order valence-electron chi connectivity index (χ3n) is 5.39. The summed E-state index contributed by atoms with van der Waals surface area (Å²) < 4.78 is 6.94. The minimum atomic E-state index is -1.02. The van der Waals surface area contributed by atoms with Crippen molar-refractivity contribution in [3.8, 4) is 11.5 Å². The van der Waals surface area contributed by atoms with Gasteiger partial charge in [-0.15, -0.1) is 0 Å². The summed E-state index contributed by atoms with van der Waals surface area (Å²) in [4.78, 5) is 24.3. The summed E-state index contributed by atoms with van der Waals surface area (Å²) in [6.07, 6.45) is 6.12. The molecule has 1 unspecified atom stereocenters. The Labute approximate surface area is 162 Å². The number of aromatic nitrogens is 2. The number of ether oxygens (including phenoxy) is 1. The van der Waals surface area contributed by atoms with Gasteiger partial charge in [0, 0.05) is 11.5 Å². The van der Waals surface area contributed by atoms with E-state index >= 15 is 0 Å². The van der Waals surface area contributed by atoms with E-state index in [1.54, 1.807) is 0 Å². The van der Waals surface area contributed by atoms with E-state index in [1.807, 2.05) is 42.5 Å². The average Bonchev–Trinajstić information content (AvgIpc) is 3.20. The third-order valence-corrected chi connectivity index (χ3v) is 5.39. The molecule has 0 saturated heterocycles. The molecule has 1 heterocycles. The highest BCUT2D eigenvalue weighted by molar-refractivity contribution is 5.88. The van der Waals surface area contributed by atoms with Crippen molar-refractivity contribution in [3.05, 3.63) is 65.1 Å². The Hall–Kier alpha value is -3.15. The van der Waals surface area contributed by atoms with Gasteiger partial charge in [-0.1, -0.05) is 62.1 Å². The summed E-state index contributed by atoms with van der Waals surface area (Å²) in [6.45, 7) is 0. The normalized spacial score (nSPS) is 15.6. The summed E-state index contributed by atoms with van der Waals surface area (Å²) in [7, 11) is 0. The zero-order chi connectivity index (χ0) is 19.5. The number of hydrogen-bond acceptors (Lipinski definition) is 4. The van der Waals surface area contributed by atoms with Crippen LogP contribution in [-0.4, -0.2) is 20.9 Å². The molecular weight excluding hydrogens is 356 g/mol. The number of carboxylic acids is 1. The number of nitrogens with zero attached hydrogens (tertiary/aromatic N) is 2. The van der Waals surface area contributed by atoms with Crippen molar-refractivity contribution in [1.82, 2.24) is 9.78 Å². The minimum absolute atomic E-state index is 0.294. The molecule has 6 heteroatoms. The van der Waals surface area contributed by atoms with Crippen molar-refractivity contribution in [2.24, 2.45) is 5.92 Å². The number of carbonyl (C=O) groups is 1. The van der Waals surface area contributed by atoms with Crippen LogP contribution in [0.2, 0.25) is 0 Å². The van der Waals surface area contributed by atoms with Crippen LogP contribution in [0.1, 0.15) is 38.1 Å². The van der Waals surface area contributed by atoms with E-state index in [4.69, 9.17) is 4.74 Å². The highest BCUT2D eigenvalue weighted by Crippen LogP contribution is 2.32. The lowest BCUT2D eigenvalue weighted by atomic mass is 9.98. The maximum atomic E-state index is 12.6. The molecule has 1 aliphatic carbocycles. The van der Waals surface area contributed by atoms with Gasteiger partial charge in [-0.25, -0.2) is 9.48 Å². The second-order valence-electron chi connectivity index (χ2n) is 7.29. The summed E-state index contributed by atoms with van der Waals surface area (Å²) in [5.41, 5.74) is -0.469. The zero-order valence-electron chi connectivity index (χ0n) is 15.5.